The minimum absolute atomic E-state index is 0.0773. The van der Waals surface area contributed by atoms with Crippen molar-refractivity contribution in [2.24, 2.45) is 5.73 Å². The van der Waals surface area contributed by atoms with Crippen molar-refractivity contribution in [2.45, 2.75) is 25.8 Å². The van der Waals surface area contributed by atoms with E-state index in [2.05, 4.69) is 10.3 Å². The molecule has 1 amide bonds. The highest BCUT2D eigenvalue weighted by atomic mass is 16.2. The summed E-state index contributed by atoms with van der Waals surface area (Å²) in [5, 5.41) is 2.80. The summed E-state index contributed by atoms with van der Waals surface area (Å²) < 4.78 is 0. The largest absolute Gasteiger partial charge is 0.354 e. The second kappa shape index (κ2) is 6.14. The average Bonchev–Trinajstić information content (AvgIpc) is 2.29. The Bertz CT molecular complexity index is 300. The van der Waals surface area contributed by atoms with Gasteiger partial charge in [0.1, 0.15) is 0 Å². The van der Waals surface area contributed by atoms with Gasteiger partial charge in [0, 0.05) is 18.9 Å². The fourth-order valence-corrected chi connectivity index (χ4v) is 1.20. The quantitative estimate of drug-likeness (QED) is 0.737. The van der Waals surface area contributed by atoms with Crippen molar-refractivity contribution in [3.63, 3.8) is 0 Å². The first-order valence-corrected chi connectivity index (χ1v) is 5.16. The maximum absolute atomic E-state index is 11.3. The molecule has 4 heteroatoms. The molecule has 15 heavy (non-hydrogen) atoms. The number of nitrogens with two attached hydrogens (primary N) is 1. The highest BCUT2D eigenvalue weighted by Crippen LogP contribution is 1.96. The number of hydrogen-bond acceptors (Lipinski definition) is 3. The van der Waals surface area contributed by atoms with Crippen LogP contribution in [0.2, 0.25) is 0 Å². The molecule has 1 aromatic rings. The zero-order valence-corrected chi connectivity index (χ0v) is 8.94. The number of pyridine rings is 1. The van der Waals surface area contributed by atoms with Crippen molar-refractivity contribution in [3.8, 4) is 0 Å². The Balaban J connectivity index is 2.25. The summed E-state index contributed by atoms with van der Waals surface area (Å²) in [6.07, 6.45) is 4.97. The van der Waals surface area contributed by atoms with Gasteiger partial charge in [-0.3, -0.25) is 9.78 Å². The summed E-state index contributed by atoms with van der Waals surface area (Å²) in [4.78, 5) is 15.2. The third-order valence-electron chi connectivity index (χ3n) is 2.24. The summed E-state index contributed by atoms with van der Waals surface area (Å²) in [6, 6.07) is 3.49. The maximum atomic E-state index is 11.3. The molecule has 0 aliphatic rings. The molecule has 0 spiro atoms. The van der Waals surface area contributed by atoms with Crippen LogP contribution in [0, 0.1) is 0 Å². The van der Waals surface area contributed by atoms with Crippen molar-refractivity contribution in [3.05, 3.63) is 30.1 Å². The molecule has 1 rings (SSSR count). The van der Waals surface area contributed by atoms with Crippen molar-refractivity contribution in [2.75, 3.05) is 6.54 Å². The van der Waals surface area contributed by atoms with Crippen molar-refractivity contribution >= 4 is 5.91 Å². The van der Waals surface area contributed by atoms with Gasteiger partial charge in [-0.2, -0.15) is 0 Å². The highest BCUT2D eigenvalue weighted by molar-refractivity contribution is 5.81. The zero-order chi connectivity index (χ0) is 11.1. The van der Waals surface area contributed by atoms with Gasteiger partial charge in [-0.1, -0.05) is 6.92 Å². The minimum atomic E-state index is -0.387. The molecule has 1 heterocycles. The van der Waals surface area contributed by atoms with Gasteiger partial charge in [0.15, 0.2) is 0 Å². The standard InChI is InChI=1S/C11H17N3O/c1-2-10(12)11(15)14-8-5-9-3-6-13-7-4-9/h3-4,6-7,10H,2,5,8,12H2,1H3,(H,14,15)/t10-/m0/s1. The van der Waals surface area contributed by atoms with Crippen LogP contribution in [0.4, 0.5) is 0 Å². The molecule has 1 atom stereocenters. The summed E-state index contributed by atoms with van der Waals surface area (Å²) in [5.74, 6) is -0.0773. The Morgan fingerprint density at radius 2 is 2.20 bits per heavy atom. The van der Waals surface area contributed by atoms with Gasteiger partial charge in [-0.15, -0.1) is 0 Å². The van der Waals surface area contributed by atoms with E-state index >= 15 is 0 Å². The predicted molar refractivity (Wildman–Crippen MR) is 59.2 cm³/mol. The van der Waals surface area contributed by atoms with Crippen LogP contribution >= 0.6 is 0 Å². The van der Waals surface area contributed by atoms with Gasteiger partial charge in [-0.05, 0) is 30.5 Å². The number of amides is 1. The first-order valence-electron chi connectivity index (χ1n) is 5.16. The van der Waals surface area contributed by atoms with E-state index in [0.29, 0.717) is 13.0 Å². The lowest BCUT2D eigenvalue weighted by molar-refractivity contribution is -0.122. The molecule has 0 saturated carbocycles. The number of nitrogens with one attached hydrogen (secondary N) is 1. The molecule has 4 nitrogen and oxygen atoms in total. The van der Waals surface area contributed by atoms with Crippen LogP contribution in [-0.2, 0) is 11.2 Å². The van der Waals surface area contributed by atoms with Gasteiger partial charge in [0.05, 0.1) is 6.04 Å². The molecule has 0 unspecified atom stereocenters. The molecule has 0 aromatic carbocycles. The first kappa shape index (κ1) is 11.7. The number of carbonyl (C=O) groups excluding carboxylic acids is 1. The topological polar surface area (TPSA) is 68.0 Å². The predicted octanol–water partition coefficient (Wildman–Crippen LogP) is 0.478. The Hall–Kier alpha value is -1.42. The van der Waals surface area contributed by atoms with E-state index in [4.69, 9.17) is 5.73 Å². The Morgan fingerprint density at radius 3 is 2.80 bits per heavy atom. The Morgan fingerprint density at radius 1 is 1.53 bits per heavy atom. The van der Waals surface area contributed by atoms with E-state index in [1.54, 1.807) is 12.4 Å². The van der Waals surface area contributed by atoms with E-state index in [1.807, 2.05) is 19.1 Å². The molecule has 1 aromatic heterocycles. The van der Waals surface area contributed by atoms with Crippen LogP contribution in [0.25, 0.3) is 0 Å². The number of aromatic nitrogens is 1. The second-order valence-electron chi connectivity index (χ2n) is 3.41. The van der Waals surface area contributed by atoms with Gasteiger partial charge >= 0.3 is 0 Å². The van der Waals surface area contributed by atoms with E-state index in [0.717, 1.165) is 12.0 Å². The van der Waals surface area contributed by atoms with Crippen LogP contribution in [-0.4, -0.2) is 23.5 Å². The second-order valence-corrected chi connectivity index (χ2v) is 3.41. The molecule has 82 valence electrons. The summed E-state index contributed by atoms with van der Waals surface area (Å²) in [6.45, 7) is 2.52. The minimum Gasteiger partial charge on any atom is -0.354 e. The van der Waals surface area contributed by atoms with Crippen molar-refractivity contribution < 1.29 is 4.79 Å². The lowest BCUT2D eigenvalue weighted by atomic mass is 10.2. The Labute approximate surface area is 89.9 Å². The molecule has 0 aliphatic carbocycles. The molecule has 3 N–H and O–H groups in total. The lowest BCUT2D eigenvalue weighted by Crippen LogP contribution is -2.40. The van der Waals surface area contributed by atoms with Gasteiger partial charge in [-0.25, -0.2) is 0 Å². The van der Waals surface area contributed by atoms with Crippen LogP contribution in [0.3, 0.4) is 0 Å². The molecular formula is C11H17N3O. The smallest absolute Gasteiger partial charge is 0.236 e. The van der Waals surface area contributed by atoms with Crippen LogP contribution in [0.1, 0.15) is 18.9 Å². The van der Waals surface area contributed by atoms with E-state index in [1.165, 1.54) is 0 Å². The third kappa shape index (κ3) is 4.08. The summed E-state index contributed by atoms with van der Waals surface area (Å²) in [7, 11) is 0. The highest BCUT2D eigenvalue weighted by Gasteiger charge is 2.09. The fourth-order valence-electron chi connectivity index (χ4n) is 1.20. The number of carbonyl (C=O) groups is 1. The average molecular weight is 207 g/mol. The van der Waals surface area contributed by atoms with Gasteiger partial charge in [0.25, 0.3) is 0 Å². The monoisotopic (exact) mass is 207 g/mol. The lowest BCUT2D eigenvalue weighted by Gasteiger charge is -2.09. The molecule has 0 radical (unpaired) electrons. The summed E-state index contributed by atoms with van der Waals surface area (Å²) in [5.41, 5.74) is 6.74. The summed E-state index contributed by atoms with van der Waals surface area (Å²) >= 11 is 0. The first-order chi connectivity index (χ1) is 7.24. The zero-order valence-electron chi connectivity index (χ0n) is 8.94. The van der Waals surface area contributed by atoms with Crippen LogP contribution in [0.15, 0.2) is 24.5 Å². The maximum Gasteiger partial charge on any atom is 0.236 e. The van der Waals surface area contributed by atoms with Crippen molar-refractivity contribution in [1.82, 2.24) is 10.3 Å². The third-order valence-corrected chi connectivity index (χ3v) is 2.24. The van der Waals surface area contributed by atoms with Gasteiger partial charge < -0.3 is 11.1 Å². The molecular weight excluding hydrogens is 190 g/mol. The fraction of sp³-hybridized carbons (Fsp3) is 0.455. The molecule has 0 fully saturated rings. The molecule has 0 bridgehead atoms. The van der Waals surface area contributed by atoms with Crippen LogP contribution in [0.5, 0.6) is 0 Å². The van der Waals surface area contributed by atoms with Gasteiger partial charge in [0.2, 0.25) is 5.91 Å². The molecule has 0 saturated heterocycles. The van der Waals surface area contributed by atoms with Crippen LogP contribution < -0.4 is 11.1 Å². The van der Waals surface area contributed by atoms with E-state index in [-0.39, 0.29) is 11.9 Å². The number of nitrogens with zero attached hydrogens (tertiary/aromatic N) is 1. The number of hydrogen-bond donors (Lipinski definition) is 2. The normalized spacial score (nSPS) is 12.1. The Kier molecular flexibility index (Phi) is 4.77. The number of rotatable bonds is 5. The van der Waals surface area contributed by atoms with E-state index < -0.39 is 0 Å². The van der Waals surface area contributed by atoms with E-state index in [9.17, 15) is 4.79 Å². The molecule has 0 aliphatic heterocycles. The SMILES string of the molecule is CC[C@H](N)C(=O)NCCc1ccncc1. The van der Waals surface area contributed by atoms with Crippen molar-refractivity contribution in [1.29, 1.82) is 0 Å².